The molecule has 0 radical (unpaired) electrons. The van der Waals surface area contributed by atoms with Crippen LogP contribution < -0.4 is 5.32 Å². The van der Waals surface area contributed by atoms with Gasteiger partial charge in [-0.15, -0.1) is 0 Å². The zero-order valence-corrected chi connectivity index (χ0v) is 13.3. The maximum absolute atomic E-state index is 3.74. The second-order valence-electron chi connectivity index (χ2n) is 6.52. The summed E-state index contributed by atoms with van der Waals surface area (Å²) in [6.07, 6.45) is 18.3. The molecule has 0 aromatic rings. The largest absolute Gasteiger partial charge is 0.306 e. The summed E-state index contributed by atoms with van der Waals surface area (Å²) in [5.74, 6) is 0.597. The standard InChI is InChI=1S/C20H25N/c1-14-6-4-8-17(10-14)19-13-21-20(12-16(19)3)18-9-5-7-15(2)11-18/h4-7,9-10,12,18,20-21H,8,11,13H2,1-3H3/b19-17-. The molecule has 1 aliphatic heterocycles. The minimum atomic E-state index is 0.471. The van der Waals surface area contributed by atoms with Crippen molar-refractivity contribution in [1.29, 1.82) is 0 Å². The molecule has 0 aromatic heterocycles. The van der Waals surface area contributed by atoms with E-state index in [0.29, 0.717) is 12.0 Å². The highest BCUT2D eigenvalue weighted by Gasteiger charge is 2.23. The number of hydrogen-bond acceptors (Lipinski definition) is 1. The van der Waals surface area contributed by atoms with Crippen molar-refractivity contribution in [3.63, 3.8) is 0 Å². The third-order valence-electron chi connectivity index (χ3n) is 4.69. The normalized spacial score (nSPS) is 32.6. The quantitative estimate of drug-likeness (QED) is 0.738. The average Bonchev–Trinajstić information content (AvgIpc) is 2.47. The van der Waals surface area contributed by atoms with Gasteiger partial charge < -0.3 is 5.32 Å². The second-order valence-corrected chi connectivity index (χ2v) is 6.52. The highest BCUT2D eigenvalue weighted by Crippen LogP contribution is 2.29. The lowest BCUT2D eigenvalue weighted by Crippen LogP contribution is -2.39. The molecule has 0 amide bonds. The van der Waals surface area contributed by atoms with Crippen molar-refractivity contribution in [3.8, 4) is 0 Å². The molecule has 1 nitrogen and oxygen atoms in total. The fraction of sp³-hybridized carbons (Fsp3) is 0.400. The van der Waals surface area contributed by atoms with E-state index in [1.54, 1.807) is 0 Å². The Morgan fingerprint density at radius 2 is 2.05 bits per heavy atom. The first-order chi connectivity index (χ1) is 10.1. The van der Waals surface area contributed by atoms with Crippen LogP contribution in [0.15, 0.2) is 70.4 Å². The molecule has 0 saturated carbocycles. The van der Waals surface area contributed by atoms with Crippen molar-refractivity contribution in [2.24, 2.45) is 5.92 Å². The SMILES string of the molecule is CC1=C/C(=C2/CNC(C3C=CC=C(C)C3)C=C2C)CC=C1. The molecule has 110 valence electrons. The van der Waals surface area contributed by atoms with Crippen molar-refractivity contribution in [1.82, 2.24) is 5.32 Å². The van der Waals surface area contributed by atoms with Gasteiger partial charge in [0.05, 0.1) is 0 Å². The van der Waals surface area contributed by atoms with Gasteiger partial charge in [-0.3, -0.25) is 0 Å². The molecule has 1 N–H and O–H groups in total. The lowest BCUT2D eigenvalue weighted by atomic mass is 9.84. The predicted octanol–water partition coefficient (Wildman–Crippen LogP) is 4.63. The van der Waals surface area contributed by atoms with E-state index in [1.807, 2.05) is 0 Å². The van der Waals surface area contributed by atoms with E-state index in [0.717, 1.165) is 13.0 Å². The van der Waals surface area contributed by atoms with Gasteiger partial charge in [0, 0.05) is 12.6 Å². The van der Waals surface area contributed by atoms with Crippen molar-refractivity contribution in [2.45, 2.75) is 39.7 Å². The molecule has 3 aliphatic rings. The first kappa shape index (κ1) is 14.3. The highest BCUT2D eigenvalue weighted by atomic mass is 14.9. The van der Waals surface area contributed by atoms with Crippen molar-refractivity contribution >= 4 is 0 Å². The maximum Gasteiger partial charge on any atom is 0.0324 e. The summed E-state index contributed by atoms with van der Waals surface area (Å²) in [5, 5.41) is 3.74. The summed E-state index contributed by atoms with van der Waals surface area (Å²) < 4.78 is 0. The van der Waals surface area contributed by atoms with Gasteiger partial charge in [0.1, 0.15) is 0 Å². The smallest absolute Gasteiger partial charge is 0.0324 e. The summed E-state index contributed by atoms with van der Waals surface area (Å²) in [5.41, 5.74) is 7.26. The number of hydrogen-bond donors (Lipinski definition) is 1. The molecule has 0 saturated heterocycles. The van der Waals surface area contributed by atoms with Crippen LogP contribution in [-0.2, 0) is 0 Å². The third-order valence-corrected chi connectivity index (χ3v) is 4.69. The van der Waals surface area contributed by atoms with E-state index in [-0.39, 0.29) is 0 Å². The summed E-state index contributed by atoms with van der Waals surface area (Å²) in [4.78, 5) is 0. The van der Waals surface area contributed by atoms with E-state index >= 15 is 0 Å². The van der Waals surface area contributed by atoms with Crippen LogP contribution in [0.4, 0.5) is 0 Å². The minimum Gasteiger partial charge on any atom is -0.306 e. The monoisotopic (exact) mass is 279 g/mol. The molecule has 0 fully saturated rings. The lowest BCUT2D eigenvalue weighted by Gasteiger charge is -2.31. The first-order valence-corrected chi connectivity index (χ1v) is 7.96. The van der Waals surface area contributed by atoms with Crippen LogP contribution in [0.1, 0.15) is 33.6 Å². The van der Waals surface area contributed by atoms with Crippen LogP contribution in [0.5, 0.6) is 0 Å². The maximum atomic E-state index is 3.74. The average molecular weight is 279 g/mol. The molecule has 21 heavy (non-hydrogen) atoms. The fourth-order valence-electron chi connectivity index (χ4n) is 3.51. The molecule has 0 aromatic carbocycles. The Hall–Kier alpha value is -1.60. The molecule has 3 rings (SSSR count). The van der Waals surface area contributed by atoms with Gasteiger partial charge >= 0.3 is 0 Å². The molecule has 2 atom stereocenters. The van der Waals surface area contributed by atoms with Crippen LogP contribution in [0.25, 0.3) is 0 Å². The summed E-state index contributed by atoms with van der Waals surface area (Å²) in [6.45, 7) is 7.67. The van der Waals surface area contributed by atoms with Crippen LogP contribution in [-0.4, -0.2) is 12.6 Å². The Morgan fingerprint density at radius 3 is 2.76 bits per heavy atom. The van der Waals surface area contributed by atoms with Gasteiger partial charge in [0.2, 0.25) is 0 Å². The first-order valence-electron chi connectivity index (χ1n) is 7.96. The van der Waals surface area contributed by atoms with Gasteiger partial charge in [-0.2, -0.15) is 0 Å². The Balaban J connectivity index is 1.81. The van der Waals surface area contributed by atoms with Gasteiger partial charge in [0.15, 0.2) is 0 Å². The Kier molecular flexibility index (Phi) is 4.12. The summed E-state index contributed by atoms with van der Waals surface area (Å²) in [6, 6.07) is 0.471. The van der Waals surface area contributed by atoms with Crippen LogP contribution >= 0.6 is 0 Å². The van der Waals surface area contributed by atoms with Crippen molar-refractivity contribution < 1.29 is 0 Å². The molecule has 0 spiro atoms. The van der Waals surface area contributed by atoms with E-state index in [9.17, 15) is 0 Å². The molecule has 1 heteroatoms. The number of nitrogens with one attached hydrogen (secondary N) is 1. The van der Waals surface area contributed by atoms with Gasteiger partial charge in [-0.05, 0) is 56.3 Å². The van der Waals surface area contributed by atoms with E-state index in [2.05, 4.69) is 68.6 Å². The Morgan fingerprint density at radius 1 is 1.19 bits per heavy atom. The third kappa shape index (κ3) is 3.19. The van der Waals surface area contributed by atoms with E-state index in [4.69, 9.17) is 0 Å². The molecule has 1 heterocycles. The number of allylic oxidation sites excluding steroid dienone is 8. The molecule has 2 unspecified atom stereocenters. The van der Waals surface area contributed by atoms with Crippen molar-refractivity contribution in [3.05, 3.63) is 70.4 Å². The molecule has 2 aliphatic carbocycles. The van der Waals surface area contributed by atoms with Gasteiger partial charge in [-0.1, -0.05) is 53.7 Å². The molecule has 0 bridgehead atoms. The Labute approximate surface area is 128 Å². The fourth-order valence-corrected chi connectivity index (χ4v) is 3.51. The zero-order valence-electron chi connectivity index (χ0n) is 13.3. The predicted molar refractivity (Wildman–Crippen MR) is 91.1 cm³/mol. The van der Waals surface area contributed by atoms with Gasteiger partial charge in [0.25, 0.3) is 0 Å². The summed E-state index contributed by atoms with van der Waals surface area (Å²) >= 11 is 0. The van der Waals surface area contributed by atoms with E-state index < -0.39 is 0 Å². The van der Waals surface area contributed by atoms with Crippen LogP contribution in [0.2, 0.25) is 0 Å². The van der Waals surface area contributed by atoms with Crippen molar-refractivity contribution in [2.75, 3.05) is 6.54 Å². The second kappa shape index (κ2) is 6.03. The van der Waals surface area contributed by atoms with Crippen LogP contribution in [0, 0.1) is 5.92 Å². The highest BCUT2D eigenvalue weighted by molar-refractivity contribution is 5.47. The Bertz CT molecular complexity index is 608. The lowest BCUT2D eigenvalue weighted by molar-refractivity contribution is 0.469. The molecular formula is C20H25N. The van der Waals surface area contributed by atoms with E-state index in [1.165, 1.54) is 34.3 Å². The number of rotatable bonds is 1. The topological polar surface area (TPSA) is 12.0 Å². The minimum absolute atomic E-state index is 0.471. The van der Waals surface area contributed by atoms with Crippen LogP contribution in [0.3, 0.4) is 0 Å². The zero-order chi connectivity index (χ0) is 14.8. The molecular weight excluding hydrogens is 254 g/mol. The van der Waals surface area contributed by atoms with Gasteiger partial charge in [-0.25, -0.2) is 0 Å². The summed E-state index contributed by atoms with van der Waals surface area (Å²) in [7, 11) is 0.